The maximum atomic E-state index is 11.8. The molecule has 0 atom stereocenters. The largest absolute Gasteiger partial charge is 0.481 e. The van der Waals surface area contributed by atoms with E-state index in [0.717, 1.165) is 6.54 Å². The van der Waals surface area contributed by atoms with Crippen molar-refractivity contribution >= 4 is 11.9 Å². The van der Waals surface area contributed by atoms with E-state index in [2.05, 4.69) is 5.92 Å². The predicted octanol–water partition coefficient (Wildman–Crippen LogP) is 1.50. The van der Waals surface area contributed by atoms with Crippen molar-refractivity contribution in [3.8, 4) is 12.3 Å². The van der Waals surface area contributed by atoms with Crippen molar-refractivity contribution in [2.24, 2.45) is 5.92 Å². The highest BCUT2D eigenvalue weighted by Gasteiger charge is 2.25. The molecule has 4 nitrogen and oxygen atoms in total. The molecular weight excluding hydrogens is 218 g/mol. The van der Waals surface area contributed by atoms with Crippen LogP contribution >= 0.6 is 0 Å². The van der Waals surface area contributed by atoms with Crippen LogP contribution in [0.1, 0.15) is 38.5 Å². The summed E-state index contributed by atoms with van der Waals surface area (Å²) >= 11 is 0. The van der Waals surface area contributed by atoms with Gasteiger partial charge in [0.25, 0.3) is 0 Å². The zero-order chi connectivity index (χ0) is 12.7. The lowest BCUT2D eigenvalue weighted by atomic mass is 10.1. The molecule has 1 rings (SSSR count). The smallest absolute Gasteiger partial charge is 0.303 e. The zero-order valence-electron chi connectivity index (χ0n) is 10.0. The topological polar surface area (TPSA) is 57.6 Å². The van der Waals surface area contributed by atoms with Crippen molar-refractivity contribution in [1.29, 1.82) is 0 Å². The number of terminal acetylenes is 1. The molecule has 1 aliphatic carbocycles. The second-order valence-electron chi connectivity index (χ2n) is 4.52. The standard InChI is InChI=1S/C13H19NO3/c1-2-9-14(10-11-7-8-11)12(15)5-3-4-6-13(16)17/h1,11H,3-10H2,(H,16,17). The third kappa shape index (κ3) is 5.96. The van der Waals surface area contributed by atoms with Crippen molar-refractivity contribution in [2.45, 2.75) is 38.5 Å². The van der Waals surface area contributed by atoms with Gasteiger partial charge in [-0.1, -0.05) is 5.92 Å². The highest BCUT2D eigenvalue weighted by atomic mass is 16.4. The van der Waals surface area contributed by atoms with Crippen molar-refractivity contribution in [1.82, 2.24) is 4.90 Å². The van der Waals surface area contributed by atoms with Gasteiger partial charge in [0.2, 0.25) is 5.91 Å². The number of carboxylic acids is 1. The van der Waals surface area contributed by atoms with Crippen LogP contribution in [0.4, 0.5) is 0 Å². The number of carboxylic acid groups (broad SMARTS) is 1. The van der Waals surface area contributed by atoms with Crippen LogP contribution in [0.25, 0.3) is 0 Å². The molecule has 0 radical (unpaired) electrons. The van der Waals surface area contributed by atoms with E-state index < -0.39 is 5.97 Å². The van der Waals surface area contributed by atoms with Gasteiger partial charge in [-0.05, 0) is 31.6 Å². The minimum absolute atomic E-state index is 0.0558. The van der Waals surface area contributed by atoms with Crippen LogP contribution in [0.2, 0.25) is 0 Å². The maximum absolute atomic E-state index is 11.8. The summed E-state index contributed by atoms with van der Waals surface area (Å²) in [6.07, 6.45) is 9.32. The Kier molecular flexibility index (Phi) is 5.55. The third-order valence-corrected chi connectivity index (χ3v) is 2.84. The highest BCUT2D eigenvalue weighted by Crippen LogP contribution is 2.29. The van der Waals surface area contributed by atoms with Crippen LogP contribution in [0.15, 0.2) is 0 Å². The van der Waals surface area contributed by atoms with E-state index in [0.29, 0.717) is 31.7 Å². The van der Waals surface area contributed by atoms with E-state index in [-0.39, 0.29) is 12.3 Å². The van der Waals surface area contributed by atoms with Gasteiger partial charge >= 0.3 is 5.97 Å². The highest BCUT2D eigenvalue weighted by molar-refractivity contribution is 5.76. The van der Waals surface area contributed by atoms with Gasteiger partial charge in [-0.2, -0.15) is 0 Å². The van der Waals surface area contributed by atoms with Gasteiger partial charge in [-0.3, -0.25) is 9.59 Å². The Hall–Kier alpha value is -1.50. The molecule has 1 N–H and O–H groups in total. The number of amides is 1. The second-order valence-corrected chi connectivity index (χ2v) is 4.52. The van der Waals surface area contributed by atoms with Crippen LogP contribution < -0.4 is 0 Å². The summed E-state index contributed by atoms with van der Waals surface area (Å²) in [5, 5.41) is 8.48. The summed E-state index contributed by atoms with van der Waals surface area (Å²) in [6.45, 7) is 1.14. The molecule has 0 unspecified atom stereocenters. The molecule has 0 bridgehead atoms. The van der Waals surface area contributed by atoms with Gasteiger partial charge in [0, 0.05) is 19.4 Å². The molecule has 1 aliphatic rings. The number of nitrogens with zero attached hydrogens (tertiary/aromatic N) is 1. The molecule has 94 valence electrons. The van der Waals surface area contributed by atoms with Gasteiger partial charge in [0.1, 0.15) is 0 Å². The molecule has 0 spiro atoms. The lowest BCUT2D eigenvalue weighted by molar-refractivity contribution is -0.137. The van der Waals surface area contributed by atoms with Gasteiger partial charge < -0.3 is 10.0 Å². The molecular formula is C13H19NO3. The number of carbonyl (C=O) groups excluding carboxylic acids is 1. The van der Waals surface area contributed by atoms with Crippen molar-refractivity contribution < 1.29 is 14.7 Å². The molecule has 4 heteroatoms. The first-order valence-electron chi connectivity index (χ1n) is 6.06. The minimum Gasteiger partial charge on any atom is -0.481 e. The summed E-state index contributed by atoms with van der Waals surface area (Å²) in [7, 11) is 0. The van der Waals surface area contributed by atoms with Crippen LogP contribution in [-0.2, 0) is 9.59 Å². The molecule has 1 amide bonds. The third-order valence-electron chi connectivity index (χ3n) is 2.84. The fourth-order valence-electron chi connectivity index (χ4n) is 1.69. The van der Waals surface area contributed by atoms with Crippen LogP contribution in [0, 0.1) is 18.3 Å². The van der Waals surface area contributed by atoms with Crippen LogP contribution in [0.5, 0.6) is 0 Å². The Morgan fingerprint density at radius 1 is 1.29 bits per heavy atom. The first-order valence-corrected chi connectivity index (χ1v) is 6.06. The van der Waals surface area contributed by atoms with Crippen LogP contribution in [0.3, 0.4) is 0 Å². The minimum atomic E-state index is -0.809. The van der Waals surface area contributed by atoms with E-state index in [1.807, 2.05) is 0 Å². The molecule has 0 heterocycles. The van der Waals surface area contributed by atoms with Crippen LogP contribution in [-0.4, -0.2) is 35.0 Å². The fourth-order valence-corrected chi connectivity index (χ4v) is 1.69. The van der Waals surface area contributed by atoms with Crippen molar-refractivity contribution in [2.75, 3.05) is 13.1 Å². The summed E-state index contributed by atoms with van der Waals surface area (Å²) in [5.74, 6) is 2.38. The average Bonchev–Trinajstić information content (AvgIpc) is 3.07. The number of aliphatic carboxylic acids is 1. The predicted molar refractivity (Wildman–Crippen MR) is 64.2 cm³/mol. The quantitative estimate of drug-likeness (QED) is 0.514. The van der Waals surface area contributed by atoms with E-state index in [4.69, 9.17) is 11.5 Å². The summed E-state index contributed by atoms with van der Waals surface area (Å²) in [4.78, 5) is 23.9. The first kappa shape index (κ1) is 13.6. The Balaban J connectivity index is 2.21. The average molecular weight is 237 g/mol. The van der Waals surface area contributed by atoms with Gasteiger partial charge in [0.15, 0.2) is 0 Å². The maximum Gasteiger partial charge on any atom is 0.303 e. The van der Waals surface area contributed by atoms with Crippen molar-refractivity contribution in [3.63, 3.8) is 0 Å². The Morgan fingerprint density at radius 3 is 2.47 bits per heavy atom. The van der Waals surface area contributed by atoms with E-state index in [9.17, 15) is 9.59 Å². The number of rotatable bonds is 8. The summed E-state index contributed by atoms with van der Waals surface area (Å²) in [6, 6.07) is 0. The molecule has 0 aromatic heterocycles. The lowest BCUT2D eigenvalue weighted by Crippen LogP contribution is -2.33. The van der Waals surface area contributed by atoms with Gasteiger partial charge in [-0.25, -0.2) is 0 Å². The normalized spacial score (nSPS) is 14.1. The SMILES string of the molecule is C#CCN(CC1CC1)C(=O)CCCCC(=O)O. The van der Waals surface area contributed by atoms with E-state index in [1.165, 1.54) is 12.8 Å². The lowest BCUT2D eigenvalue weighted by Gasteiger charge is -2.19. The second kappa shape index (κ2) is 6.95. The summed E-state index contributed by atoms with van der Waals surface area (Å²) < 4.78 is 0. The van der Waals surface area contributed by atoms with Gasteiger partial charge in [-0.15, -0.1) is 6.42 Å². The number of hydrogen-bond acceptors (Lipinski definition) is 2. The van der Waals surface area contributed by atoms with E-state index >= 15 is 0 Å². The molecule has 0 aliphatic heterocycles. The number of hydrogen-bond donors (Lipinski definition) is 1. The summed E-state index contributed by atoms with van der Waals surface area (Å²) in [5.41, 5.74) is 0. The Morgan fingerprint density at radius 2 is 1.94 bits per heavy atom. The van der Waals surface area contributed by atoms with Crippen molar-refractivity contribution in [3.05, 3.63) is 0 Å². The molecule has 17 heavy (non-hydrogen) atoms. The molecule has 0 aromatic rings. The molecule has 1 saturated carbocycles. The molecule has 1 fully saturated rings. The number of carbonyl (C=O) groups is 2. The zero-order valence-corrected chi connectivity index (χ0v) is 10.0. The van der Waals surface area contributed by atoms with Gasteiger partial charge in [0.05, 0.1) is 6.54 Å². The Labute approximate surface area is 102 Å². The monoisotopic (exact) mass is 237 g/mol. The fraction of sp³-hybridized carbons (Fsp3) is 0.692. The Bertz CT molecular complexity index is 315. The first-order chi connectivity index (χ1) is 8.13. The number of unbranched alkanes of at least 4 members (excludes halogenated alkanes) is 1. The molecule has 0 saturated heterocycles. The van der Waals surface area contributed by atoms with E-state index in [1.54, 1.807) is 4.90 Å². The molecule has 0 aromatic carbocycles.